The van der Waals surface area contributed by atoms with Crippen molar-refractivity contribution in [3.63, 3.8) is 0 Å². The first-order valence-electron chi connectivity index (χ1n) is 10.7. The molecule has 0 aromatic heterocycles. The summed E-state index contributed by atoms with van der Waals surface area (Å²) in [4.78, 5) is 29.2. The van der Waals surface area contributed by atoms with E-state index in [0.717, 1.165) is 44.3 Å². The molecule has 0 aliphatic carbocycles. The number of hydrogen-bond acceptors (Lipinski definition) is 4. The highest BCUT2D eigenvalue weighted by Gasteiger charge is 2.35. The number of likely N-dealkylation sites (tertiary alicyclic amines) is 2. The maximum atomic E-state index is 12.9. The summed E-state index contributed by atoms with van der Waals surface area (Å²) in [5, 5.41) is 0. The smallest absolute Gasteiger partial charge is 0.246 e. The Kier molecular flexibility index (Phi) is 6.62. The molecule has 1 aromatic rings. The van der Waals surface area contributed by atoms with Crippen LogP contribution in [0.4, 0.5) is 0 Å². The van der Waals surface area contributed by atoms with Crippen molar-refractivity contribution in [2.75, 3.05) is 39.4 Å². The Morgan fingerprint density at radius 3 is 2.14 bits per heavy atom. The van der Waals surface area contributed by atoms with Gasteiger partial charge in [-0.1, -0.05) is 30.3 Å². The number of carbonyl (C=O) groups excluding carboxylic acids is 2. The average molecular weight is 399 g/mol. The molecule has 0 saturated carbocycles. The number of piperidine rings is 2. The van der Waals surface area contributed by atoms with Gasteiger partial charge in [-0.25, -0.2) is 0 Å². The molecule has 0 radical (unpaired) electrons. The maximum Gasteiger partial charge on any atom is 0.246 e. The standard InChI is InChI=1S/C23H30N2O4/c26-21(7-6-18-4-2-1-3-5-18)24-12-8-19(9-13-24)22(27)25-14-10-20(11-15-25)23-28-16-17-29-23/h1-7,19-20,23H,8-17H2/b7-6+. The molecular weight excluding hydrogens is 368 g/mol. The van der Waals surface area contributed by atoms with Crippen LogP contribution in [-0.2, 0) is 19.1 Å². The van der Waals surface area contributed by atoms with Crippen molar-refractivity contribution in [3.05, 3.63) is 42.0 Å². The predicted octanol–water partition coefficient (Wildman–Crippen LogP) is 2.55. The summed E-state index contributed by atoms with van der Waals surface area (Å²) in [6, 6.07) is 9.82. The van der Waals surface area contributed by atoms with Gasteiger partial charge < -0.3 is 19.3 Å². The van der Waals surface area contributed by atoms with Crippen molar-refractivity contribution in [1.29, 1.82) is 0 Å². The molecule has 2 amide bonds. The van der Waals surface area contributed by atoms with E-state index in [-0.39, 0.29) is 24.0 Å². The van der Waals surface area contributed by atoms with E-state index < -0.39 is 0 Å². The Balaban J connectivity index is 1.21. The van der Waals surface area contributed by atoms with Gasteiger partial charge in [0.2, 0.25) is 11.8 Å². The largest absolute Gasteiger partial charge is 0.350 e. The van der Waals surface area contributed by atoms with Gasteiger partial charge in [-0.3, -0.25) is 9.59 Å². The molecule has 29 heavy (non-hydrogen) atoms. The van der Waals surface area contributed by atoms with Crippen LogP contribution in [0.3, 0.4) is 0 Å². The van der Waals surface area contributed by atoms with Crippen LogP contribution in [0, 0.1) is 11.8 Å². The molecule has 156 valence electrons. The quantitative estimate of drug-likeness (QED) is 0.732. The Morgan fingerprint density at radius 2 is 1.48 bits per heavy atom. The van der Waals surface area contributed by atoms with E-state index in [4.69, 9.17) is 9.47 Å². The zero-order valence-corrected chi connectivity index (χ0v) is 16.9. The van der Waals surface area contributed by atoms with Gasteiger partial charge in [-0.2, -0.15) is 0 Å². The summed E-state index contributed by atoms with van der Waals surface area (Å²) in [5.74, 6) is 0.714. The van der Waals surface area contributed by atoms with Crippen LogP contribution in [-0.4, -0.2) is 67.3 Å². The van der Waals surface area contributed by atoms with Crippen molar-refractivity contribution in [3.8, 4) is 0 Å². The van der Waals surface area contributed by atoms with E-state index in [2.05, 4.69) is 0 Å². The number of nitrogens with zero attached hydrogens (tertiary/aromatic N) is 2. The minimum absolute atomic E-state index is 0.0251. The van der Waals surface area contributed by atoms with Gasteiger partial charge >= 0.3 is 0 Å². The third kappa shape index (κ3) is 5.06. The Labute approximate surface area is 172 Å². The molecular formula is C23H30N2O4. The van der Waals surface area contributed by atoms with Crippen molar-refractivity contribution in [1.82, 2.24) is 9.80 Å². The van der Waals surface area contributed by atoms with E-state index in [1.807, 2.05) is 46.2 Å². The van der Waals surface area contributed by atoms with Gasteiger partial charge in [-0.15, -0.1) is 0 Å². The van der Waals surface area contributed by atoms with Gasteiger partial charge in [0.1, 0.15) is 0 Å². The van der Waals surface area contributed by atoms with Crippen LogP contribution in [0.5, 0.6) is 0 Å². The number of rotatable bonds is 4. The third-order valence-electron chi connectivity index (χ3n) is 6.26. The van der Waals surface area contributed by atoms with Crippen LogP contribution in [0.1, 0.15) is 31.2 Å². The molecule has 0 unspecified atom stereocenters. The van der Waals surface area contributed by atoms with E-state index in [1.165, 1.54) is 0 Å². The highest BCUT2D eigenvalue weighted by molar-refractivity contribution is 5.92. The lowest BCUT2D eigenvalue weighted by Gasteiger charge is -2.38. The van der Waals surface area contributed by atoms with Crippen molar-refractivity contribution in [2.24, 2.45) is 11.8 Å². The zero-order valence-electron chi connectivity index (χ0n) is 16.9. The average Bonchev–Trinajstić information content (AvgIpc) is 3.33. The molecule has 3 heterocycles. The molecule has 3 fully saturated rings. The topological polar surface area (TPSA) is 59.1 Å². The Hall–Kier alpha value is -2.18. The first-order valence-corrected chi connectivity index (χ1v) is 10.7. The van der Waals surface area contributed by atoms with E-state index >= 15 is 0 Å². The van der Waals surface area contributed by atoms with Gasteiger partial charge in [0.05, 0.1) is 13.2 Å². The summed E-state index contributed by atoms with van der Waals surface area (Å²) in [6.07, 6.45) is 6.79. The number of amides is 2. The lowest BCUT2D eigenvalue weighted by molar-refractivity contribution is -0.143. The summed E-state index contributed by atoms with van der Waals surface area (Å²) < 4.78 is 11.2. The Bertz CT molecular complexity index is 714. The minimum Gasteiger partial charge on any atom is -0.350 e. The van der Waals surface area contributed by atoms with Crippen LogP contribution in [0.15, 0.2) is 36.4 Å². The number of benzene rings is 1. The lowest BCUT2D eigenvalue weighted by atomic mass is 9.91. The van der Waals surface area contributed by atoms with Gasteiger partial charge in [-0.05, 0) is 37.3 Å². The number of carbonyl (C=O) groups is 2. The maximum absolute atomic E-state index is 12.9. The molecule has 1 aromatic carbocycles. The van der Waals surface area contributed by atoms with Gasteiger partial charge in [0, 0.05) is 44.1 Å². The molecule has 0 atom stereocenters. The molecule has 0 spiro atoms. The second kappa shape index (κ2) is 9.55. The zero-order chi connectivity index (χ0) is 20.1. The predicted molar refractivity (Wildman–Crippen MR) is 110 cm³/mol. The summed E-state index contributed by atoms with van der Waals surface area (Å²) in [5.41, 5.74) is 1.02. The lowest BCUT2D eigenvalue weighted by Crippen LogP contribution is -2.47. The highest BCUT2D eigenvalue weighted by atomic mass is 16.7. The summed E-state index contributed by atoms with van der Waals surface area (Å²) in [7, 11) is 0. The monoisotopic (exact) mass is 398 g/mol. The fraction of sp³-hybridized carbons (Fsp3) is 0.565. The first-order chi connectivity index (χ1) is 14.2. The van der Waals surface area contributed by atoms with E-state index in [0.29, 0.717) is 32.2 Å². The normalized spacial score (nSPS) is 22.5. The summed E-state index contributed by atoms with van der Waals surface area (Å²) >= 11 is 0. The van der Waals surface area contributed by atoms with Crippen LogP contribution in [0.2, 0.25) is 0 Å². The Morgan fingerprint density at radius 1 is 0.862 bits per heavy atom. The van der Waals surface area contributed by atoms with Gasteiger partial charge in [0.25, 0.3) is 0 Å². The molecule has 6 nitrogen and oxygen atoms in total. The second-order valence-corrected chi connectivity index (χ2v) is 8.12. The number of ether oxygens (including phenoxy) is 2. The second-order valence-electron chi connectivity index (χ2n) is 8.12. The number of hydrogen-bond donors (Lipinski definition) is 0. The molecule has 3 aliphatic heterocycles. The van der Waals surface area contributed by atoms with Crippen LogP contribution >= 0.6 is 0 Å². The van der Waals surface area contributed by atoms with Gasteiger partial charge in [0.15, 0.2) is 6.29 Å². The summed E-state index contributed by atoms with van der Waals surface area (Å²) in [6.45, 7) is 4.23. The SMILES string of the molecule is O=C(/C=C/c1ccccc1)N1CCC(C(=O)N2CCC(C3OCCO3)CC2)CC1. The molecule has 0 N–H and O–H groups in total. The van der Waals surface area contributed by atoms with E-state index in [1.54, 1.807) is 6.08 Å². The molecule has 6 heteroatoms. The minimum atomic E-state index is -0.0783. The van der Waals surface area contributed by atoms with Crippen LogP contribution < -0.4 is 0 Å². The fourth-order valence-electron chi connectivity index (χ4n) is 4.48. The highest BCUT2D eigenvalue weighted by Crippen LogP contribution is 2.28. The fourth-order valence-corrected chi connectivity index (χ4v) is 4.48. The molecule has 3 saturated heterocycles. The van der Waals surface area contributed by atoms with E-state index in [9.17, 15) is 9.59 Å². The first kappa shape index (κ1) is 20.1. The molecule has 0 bridgehead atoms. The van der Waals surface area contributed by atoms with Crippen molar-refractivity contribution in [2.45, 2.75) is 32.0 Å². The molecule has 4 rings (SSSR count). The van der Waals surface area contributed by atoms with Crippen molar-refractivity contribution < 1.29 is 19.1 Å². The van der Waals surface area contributed by atoms with Crippen LogP contribution in [0.25, 0.3) is 6.08 Å². The third-order valence-corrected chi connectivity index (χ3v) is 6.26. The molecule has 3 aliphatic rings. The van der Waals surface area contributed by atoms with Crippen molar-refractivity contribution >= 4 is 17.9 Å².